The molecule has 11 heavy (non-hydrogen) atoms. The lowest BCUT2D eigenvalue weighted by atomic mass is 10.2. The highest BCUT2D eigenvalue weighted by molar-refractivity contribution is 5.68. The summed E-state index contributed by atoms with van der Waals surface area (Å²) in [6.45, 7) is 1.09. The number of hydrogen-bond acceptors (Lipinski definition) is 3. The zero-order valence-corrected chi connectivity index (χ0v) is 6.28. The van der Waals surface area contributed by atoms with E-state index in [2.05, 4.69) is 0 Å². The molecular formula is C7H12O4. The zero-order chi connectivity index (χ0) is 8.10. The highest BCUT2D eigenvalue weighted by atomic mass is 16.5. The van der Waals surface area contributed by atoms with Gasteiger partial charge in [-0.1, -0.05) is 0 Å². The fourth-order valence-corrected chi connectivity index (χ4v) is 1.03. The molecule has 4 heteroatoms. The van der Waals surface area contributed by atoms with Gasteiger partial charge < -0.3 is 14.6 Å². The van der Waals surface area contributed by atoms with Crippen LogP contribution in [-0.4, -0.2) is 37.0 Å². The standard InChI is InChI=1S/C7H12O4/c8-7(9)5-11-6-2-1-3-10-4-6/h6H,1-5H2,(H,8,9)/t6-/m0/s1. The summed E-state index contributed by atoms with van der Waals surface area (Å²) in [5.41, 5.74) is 0. The van der Waals surface area contributed by atoms with E-state index < -0.39 is 5.97 Å². The Kier molecular flexibility index (Phi) is 3.32. The fourth-order valence-electron chi connectivity index (χ4n) is 1.03. The molecule has 0 spiro atoms. The number of carboxylic acid groups (broad SMARTS) is 1. The number of hydrogen-bond donors (Lipinski definition) is 1. The van der Waals surface area contributed by atoms with Gasteiger partial charge in [0, 0.05) is 6.61 Å². The van der Waals surface area contributed by atoms with E-state index in [1.165, 1.54) is 0 Å². The Morgan fingerprint density at radius 3 is 3.09 bits per heavy atom. The topological polar surface area (TPSA) is 55.8 Å². The van der Waals surface area contributed by atoms with Crippen molar-refractivity contribution in [2.75, 3.05) is 19.8 Å². The first-order valence-electron chi connectivity index (χ1n) is 3.70. The van der Waals surface area contributed by atoms with Crippen LogP contribution < -0.4 is 0 Å². The molecule has 0 saturated carbocycles. The summed E-state index contributed by atoms with van der Waals surface area (Å²) in [5.74, 6) is -0.921. The number of rotatable bonds is 3. The van der Waals surface area contributed by atoms with Crippen molar-refractivity contribution >= 4 is 5.97 Å². The molecule has 0 aromatic carbocycles. The molecule has 4 nitrogen and oxygen atoms in total. The van der Waals surface area contributed by atoms with E-state index in [9.17, 15) is 4.79 Å². The summed E-state index contributed by atoms with van der Waals surface area (Å²) in [6, 6.07) is 0. The molecule has 64 valence electrons. The molecule has 1 N–H and O–H groups in total. The molecule has 1 rings (SSSR count). The lowest BCUT2D eigenvalue weighted by Gasteiger charge is -2.21. The SMILES string of the molecule is O=C(O)CO[C@H]1CCCOC1. The van der Waals surface area contributed by atoms with Crippen molar-refractivity contribution in [3.05, 3.63) is 0 Å². The van der Waals surface area contributed by atoms with Crippen molar-refractivity contribution < 1.29 is 19.4 Å². The van der Waals surface area contributed by atoms with Crippen LogP contribution in [0.25, 0.3) is 0 Å². The van der Waals surface area contributed by atoms with Crippen LogP contribution in [-0.2, 0) is 14.3 Å². The molecule has 0 aromatic heterocycles. The van der Waals surface area contributed by atoms with Gasteiger partial charge in [-0.3, -0.25) is 0 Å². The second-order valence-electron chi connectivity index (χ2n) is 2.54. The Hall–Kier alpha value is -0.610. The van der Waals surface area contributed by atoms with Gasteiger partial charge in [0.25, 0.3) is 0 Å². The quantitative estimate of drug-likeness (QED) is 0.643. The van der Waals surface area contributed by atoms with Crippen LogP contribution in [0.15, 0.2) is 0 Å². The van der Waals surface area contributed by atoms with Gasteiger partial charge in [-0.15, -0.1) is 0 Å². The lowest BCUT2D eigenvalue weighted by Crippen LogP contribution is -2.27. The molecule has 0 radical (unpaired) electrons. The molecule has 0 amide bonds. The van der Waals surface area contributed by atoms with Crippen LogP contribution in [0.5, 0.6) is 0 Å². The number of carbonyl (C=O) groups is 1. The minimum absolute atomic E-state index is 0.0140. The Labute approximate surface area is 65.1 Å². The van der Waals surface area contributed by atoms with Crippen molar-refractivity contribution in [1.29, 1.82) is 0 Å². The number of ether oxygens (including phenoxy) is 2. The van der Waals surface area contributed by atoms with E-state index in [0.29, 0.717) is 6.61 Å². The van der Waals surface area contributed by atoms with Crippen LogP contribution >= 0.6 is 0 Å². The second-order valence-corrected chi connectivity index (χ2v) is 2.54. The third-order valence-electron chi connectivity index (χ3n) is 1.56. The van der Waals surface area contributed by atoms with Crippen LogP contribution in [0.3, 0.4) is 0 Å². The largest absolute Gasteiger partial charge is 0.480 e. The maximum absolute atomic E-state index is 10.1. The summed E-state index contributed by atoms with van der Waals surface area (Å²) < 4.78 is 10.1. The summed E-state index contributed by atoms with van der Waals surface area (Å²) >= 11 is 0. The third-order valence-corrected chi connectivity index (χ3v) is 1.56. The van der Waals surface area contributed by atoms with Gasteiger partial charge in [-0.2, -0.15) is 0 Å². The minimum Gasteiger partial charge on any atom is -0.480 e. The van der Waals surface area contributed by atoms with Crippen LogP contribution in [0.2, 0.25) is 0 Å². The average Bonchev–Trinajstić information content (AvgIpc) is 2.03. The van der Waals surface area contributed by atoms with Crippen LogP contribution in [0.4, 0.5) is 0 Å². The zero-order valence-electron chi connectivity index (χ0n) is 6.28. The molecule has 0 bridgehead atoms. The first-order valence-corrected chi connectivity index (χ1v) is 3.70. The Bertz CT molecular complexity index is 128. The summed E-state index contributed by atoms with van der Waals surface area (Å²) in [7, 11) is 0. The van der Waals surface area contributed by atoms with Crippen molar-refractivity contribution in [1.82, 2.24) is 0 Å². The molecule has 1 heterocycles. The number of carboxylic acids is 1. The number of aliphatic carboxylic acids is 1. The Balaban J connectivity index is 2.09. The van der Waals surface area contributed by atoms with Gasteiger partial charge in [0.2, 0.25) is 0 Å². The Morgan fingerprint density at radius 1 is 1.73 bits per heavy atom. The normalized spacial score (nSPS) is 24.9. The van der Waals surface area contributed by atoms with Crippen molar-refractivity contribution in [2.45, 2.75) is 18.9 Å². The van der Waals surface area contributed by atoms with E-state index in [1.807, 2.05) is 0 Å². The molecule has 0 aliphatic carbocycles. The first kappa shape index (κ1) is 8.49. The molecule has 1 aliphatic heterocycles. The summed E-state index contributed by atoms with van der Waals surface area (Å²) in [6.07, 6.45) is 1.86. The Morgan fingerprint density at radius 2 is 2.55 bits per heavy atom. The molecular weight excluding hydrogens is 148 g/mol. The maximum atomic E-state index is 10.1. The predicted molar refractivity (Wildman–Crippen MR) is 37.4 cm³/mol. The second kappa shape index (κ2) is 4.31. The van der Waals surface area contributed by atoms with Gasteiger partial charge in [0.1, 0.15) is 6.61 Å². The molecule has 1 atom stereocenters. The molecule has 0 aromatic rings. The van der Waals surface area contributed by atoms with Crippen molar-refractivity contribution in [3.63, 3.8) is 0 Å². The summed E-state index contributed by atoms with van der Waals surface area (Å²) in [5, 5.41) is 8.28. The molecule has 0 unspecified atom stereocenters. The van der Waals surface area contributed by atoms with E-state index >= 15 is 0 Å². The van der Waals surface area contributed by atoms with E-state index in [4.69, 9.17) is 14.6 Å². The maximum Gasteiger partial charge on any atom is 0.329 e. The highest BCUT2D eigenvalue weighted by Crippen LogP contribution is 2.08. The van der Waals surface area contributed by atoms with Crippen LogP contribution in [0, 0.1) is 0 Å². The van der Waals surface area contributed by atoms with E-state index in [-0.39, 0.29) is 12.7 Å². The molecule has 1 fully saturated rings. The monoisotopic (exact) mass is 160 g/mol. The highest BCUT2D eigenvalue weighted by Gasteiger charge is 2.14. The lowest BCUT2D eigenvalue weighted by molar-refractivity contribution is -0.147. The van der Waals surface area contributed by atoms with Gasteiger partial charge in [0.05, 0.1) is 12.7 Å². The third kappa shape index (κ3) is 3.34. The predicted octanol–water partition coefficient (Wildman–Crippen LogP) is 0.267. The molecule has 1 saturated heterocycles. The first-order chi connectivity index (χ1) is 5.29. The van der Waals surface area contributed by atoms with Gasteiger partial charge in [-0.05, 0) is 12.8 Å². The minimum atomic E-state index is -0.921. The smallest absolute Gasteiger partial charge is 0.329 e. The van der Waals surface area contributed by atoms with Crippen LogP contribution in [0.1, 0.15) is 12.8 Å². The van der Waals surface area contributed by atoms with Gasteiger partial charge >= 0.3 is 5.97 Å². The van der Waals surface area contributed by atoms with E-state index in [1.54, 1.807) is 0 Å². The van der Waals surface area contributed by atoms with Gasteiger partial charge in [0.15, 0.2) is 0 Å². The average molecular weight is 160 g/mol. The van der Waals surface area contributed by atoms with Gasteiger partial charge in [-0.25, -0.2) is 4.79 Å². The molecule has 1 aliphatic rings. The van der Waals surface area contributed by atoms with E-state index in [0.717, 1.165) is 19.4 Å². The van der Waals surface area contributed by atoms with Crippen molar-refractivity contribution in [2.24, 2.45) is 0 Å². The fraction of sp³-hybridized carbons (Fsp3) is 0.857. The summed E-state index contributed by atoms with van der Waals surface area (Å²) in [4.78, 5) is 10.1. The van der Waals surface area contributed by atoms with Crippen molar-refractivity contribution in [3.8, 4) is 0 Å².